The van der Waals surface area contributed by atoms with Crippen LogP contribution < -0.4 is 11.1 Å². The molecule has 31 heavy (non-hydrogen) atoms. The molecule has 0 aliphatic carbocycles. The maximum atomic E-state index is 12.8. The summed E-state index contributed by atoms with van der Waals surface area (Å²) in [5, 5.41) is 2.74. The van der Waals surface area contributed by atoms with Crippen molar-refractivity contribution in [3.05, 3.63) is 71.8 Å². The summed E-state index contributed by atoms with van der Waals surface area (Å²) < 4.78 is 5.37. The van der Waals surface area contributed by atoms with E-state index >= 15 is 0 Å². The first kappa shape index (κ1) is 22.3. The molecule has 0 aromatic heterocycles. The quantitative estimate of drug-likeness (QED) is 0.647. The zero-order chi connectivity index (χ0) is 22.1. The van der Waals surface area contributed by atoms with Crippen molar-refractivity contribution >= 4 is 17.9 Å². The van der Waals surface area contributed by atoms with Gasteiger partial charge in [-0.15, -0.1) is 0 Å². The highest BCUT2D eigenvalue weighted by molar-refractivity contribution is 5.91. The van der Waals surface area contributed by atoms with Crippen molar-refractivity contribution in [2.75, 3.05) is 6.54 Å². The Morgan fingerprint density at radius 3 is 2.32 bits per heavy atom. The fraction of sp³-hybridized carbons (Fsp3) is 0.375. The molecule has 0 spiro atoms. The van der Waals surface area contributed by atoms with Gasteiger partial charge in [0.2, 0.25) is 11.8 Å². The van der Waals surface area contributed by atoms with Gasteiger partial charge >= 0.3 is 6.09 Å². The number of hydrogen-bond donors (Lipinski definition) is 2. The van der Waals surface area contributed by atoms with Crippen LogP contribution in [0, 0.1) is 0 Å². The van der Waals surface area contributed by atoms with Crippen LogP contribution in [0.3, 0.4) is 0 Å². The summed E-state index contributed by atoms with van der Waals surface area (Å²) in [6.45, 7) is 0.592. The topological polar surface area (TPSA) is 102 Å². The van der Waals surface area contributed by atoms with Crippen LogP contribution in [-0.2, 0) is 27.4 Å². The molecule has 1 fully saturated rings. The van der Waals surface area contributed by atoms with E-state index in [4.69, 9.17) is 10.5 Å². The van der Waals surface area contributed by atoms with Gasteiger partial charge in [0.15, 0.2) is 0 Å². The number of amides is 3. The first-order valence-electron chi connectivity index (χ1n) is 10.7. The van der Waals surface area contributed by atoms with Crippen LogP contribution in [0.1, 0.15) is 36.8 Å². The Morgan fingerprint density at radius 2 is 1.68 bits per heavy atom. The van der Waals surface area contributed by atoms with Gasteiger partial charge in [-0.1, -0.05) is 60.7 Å². The van der Waals surface area contributed by atoms with Gasteiger partial charge in [0.05, 0.1) is 0 Å². The lowest BCUT2D eigenvalue weighted by Crippen LogP contribution is -2.52. The number of benzene rings is 2. The summed E-state index contributed by atoms with van der Waals surface area (Å²) in [6.07, 6.45) is 2.66. The third kappa shape index (κ3) is 6.57. The SMILES string of the molecule is NC(=O)[C@H](CCCc1ccccc1)NC(=O)[C@H]1CCCN1C(=O)OCc1ccccc1. The number of carbonyl (C=O) groups excluding carboxylic acids is 3. The molecule has 1 heterocycles. The molecule has 2 aromatic carbocycles. The van der Waals surface area contributed by atoms with Gasteiger partial charge in [0, 0.05) is 6.54 Å². The van der Waals surface area contributed by atoms with Gasteiger partial charge in [0.1, 0.15) is 18.7 Å². The Morgan fingerprint density at radius 1 is 1.03 bits per heavy atom. The van der Waals surface area contributed by atoms with E-state index in [0.717, 1.165) is 12.0 Å². The van der Waals surface area contributed by atoms with Crippen molar-refractivity contribution in [1.82, 2.24) is 10.2 Å². The number of ether oxygens (including phenoxy) is 1. The Kier molecular flexibility index (Phi) is 8.04. The van der Waals surface area contributed by atoms with E-state index in [-0.39, 0.29) is 12.5 Å². The highest BCUT2D eigenvalue weighted by atomic mass is 16.6. The Balaban J connectivity index is 1.51. The number of likely N-dealkylation sites (tertiary alicyclic amines) is 1. The fourth-order valence-corrected chi connectivity index (χ4v) is 3.77. The van der Waals surface area contributed by atoms with Crippen LogP contribution in [0.4, 0.5) is 4.79 Å². The standard InChI is InChI=1S/C24H29N3O4/c25-22(28)20(14-7-13-18-9-3-1-4-10-18)26-23(29)21-15-8-16-27(21)24(30)31-17-19-11-5-2-6-12-19/h1-6,9-12,20-21H,7-8,13-17H2,(H2,25,28)(H,26,29)/t20-,21+/m0/s1. The Labute approximate surface area is 182 Å². The fourth-order valence-electron chi connectivity index (χ4n) is 3.77. The predicted molar refractivity (Wildman–Crippen MR) is 117 cm³/mol. The van der Waals surface area contributed by atoms with E-state index < -0.39 is 24.1 Å². The summed E-state index contributed by atoms with van der Waals surface area (Å²) in [5.41, 5.74) is 7.56. The summed E-state index contributed by atoms with van der Waals surface area (Å²) in [7, 11) is 0. The predicted octanol–water partition coefficient (Wildman–Crippen LogP) is 2.78. The van der Waals surface area contributed by atoms with E-state index in [9.17, 15) is 14.4 Å². The van der Waals surface area contributed by atoms with Crippen molar-refractivity contribution in [2.24, 2.45) is 5.73 Å². The molecule has 7 heteroatoms. The lowest BCUT2D eigenvalue weighted by Gasteiger charge is -2.25. The minimum atomic E-state index is -0.765. The molecule has 3 amide bonds. The average molecular weight is 424 g/mol. The Bertz CT molecular complexity index is 873. The second-order valence-corrected chi connectivity index (χ2v) is 7.73. The molecule has 1 aliphatic rings. The van der Waals surface area contributed by atoms with Crippen molar-refractivity contribution in [3.63, 3.8) is 0 Å². The molecule has 1 saturated heterocycles. The Hall–Kier alpha value is -3.35. The van der Waals surface area contributed by atoms with Crippen LogP contribution in [-0.4, -0.2) is 41.4 Å². The van der Waals surface area contributed by atoms with Crippen LogP contribution >= 0.6 is 0 Å². The molecule has 2 aromatic rings. The van der Waals surface area contributed by atoms with Gasteiger partial charge in [0.25, 0.3) is 0 Å². The minimum absolute atomic E-state index is 0.147. The molecule has 3 N–H and O–H groups in total. The minimum Gasteiger partial charge on any atom is -0.445 e. The molecule has 1 aliphatic heterocycles. The van der Waals surface area contributed by atoms with Crippen LogP contribution in [0.25, 0.3) is 0 Å². The highest BCUT2D eigenvalue weighted by Crippen LogP contribution is 2.19. The maximum absolute atomic E-state index is 12.8. The number of primary amides is 1. The van der Waals surface area contributed by atoms with Crippen molar-refractivity contribution in [2.45, 2.75) is 50.8 Å². The smallest absolute Gasteiger partial charge is 0.410 e. The second kappa shape index (κ2) is 11.2. The largest absolute Gasteiger partial charge is 0.445 e. The van der Waals surface area contributed by atoms with Crippen molar-refractivity contribution < 1.29 is 19.1 Å². The molecule has 164 valence electrons. The van der Waals surface area contributed by atoms with Gasteiger partial charge in [-0.3, -0.25) is 14.5 Å². The van der Waals surface area contributed by atoms with E-state index in [0.29, 0.717) is 32.2 Å². The summed E-state index contributed by atoms with van der Waals surface area (Å²) in [5.74, 6) is -0.935. The molecule has 0 unspecified atom stereocenters. The molecular weight excluding hydrogens is 394 g/mol. The van der Waals surface area contributed by atoms with E-state index in [1.807, 2.05) is 60.7 Å². The number of nitrogens with two attached hydrogens (primary N) is 1. The third-order valence-corrected chi connectivity index (χ3v) is 5.46. The van der Waals surface area contributed by atoms with E-state index in [1.54, 1.807) is 0 Å². The zero-order valence-electron chi connectivity index (χ0n) is 17.5. The third-order valence-electron chi connectivity index (χ3n) is 5.46. The van der Waals surface area contributed by atoms with Gasteiger partial charge in [-0.05, 0) is 43.2 Å². The average Bonchev–Trinajstić information content (AvgIpc) is 3.28. The number of nitrogens with zero attached hydrogens (tertiary/aromatic N) is 1. The molecular formula is C24H29N3O4. The van der Waals surface area contributed by atoms with Crippen LogP contribution in [0.2, 0.25) is 0 Å². The molecule has 3 rings (SSSR count). The lowest BCUT2D eigenvalue weighted by molar-refractivity contribution is -0.130. The monoisotopic (exact) mass is 423 g/mol. The second-order valence-electron chi connectivity index (χ2n) is 7.73. The molecule has 7 nitrogen and oxygen atoms in total. The summed E-state index contributed by atoms with van der Waals surface area (Å²) >= 11 is 0. The number of hydrogen-bond acceptors (Lipinski definition) is 4. The van der Waals surface area contributed by atoms with Crippen LogP contribution in [0.5, 0.6) is 0 Å². The van der Waals surface area contributed by atoms with Crippen molar-refractivity contribution in [1.29, 1.82) is 0 Å². The number of nitrogens with one attached hydrogen (secondary N) is 1. The van der Waals surface area contributed by atoms with Crippen molar-refractivity contribution in [3.8, 4) is 0 Å². The van der Waals surface area contributed by atoms with E-state index in [1.165, 1.54) is 10.5 Å². The first-order valence-corrected chi connectivity index (χ1v) is 10.7. The zero-order valence-corrected chi connectivity index (χ0v) is 17.5. The lowest BCUT2D eigenvalue weighted by atomic mass is 10.0. The number of rotatable bonds is 9. The summed E-state index contributed by atoms with van der Waals surface area (Å²) in [6, 6.07) is 17.9. The molecule has 0 bridgehead atoms. The first-order chi connectivity index (χ1) is 15.0. The van der Waals surface area contributed by atoms with Gasteiger partial charge in [-0.2, -0.15) is 0 Å². The maximum Gasteiger partial charge on any atom is 0.410 e. The molecule has 0 saturated carbocycles. The highest BCUT2D eigenvalue weighted by Gasteiger charge is 2.36. The van der Waals surface area contributed by atoms with Gasteiger partial charge < -0.3 is 15.8 Å². The molecule has 2 atom stereocenters. The normalized spacial score (nSPS) is 16.5. The number of carbonyl (C=O) groups is 3. The van der Waals surface area contributed by atoms with E-state index in [2.05, 4.69) is 5.32 Å². The van der Waals surface area contributed by atoms with Gasteiger partial charge in [-0.25, -0.2) is 4.79 Å². The number of aryl methyl sites for hydroxylation is 1. The molecule has 0 radical (unpaired) electrons. The van der Waals surface area contributed by atoms with Crippen LogP contribution in [0.15, 0.2) is 60.7 Å². The summed E-state index contributed by atoms with van der Waals surface area (Å²) in [4.78, 5) is 38.6.